The summed E-state index contributed by atoms with van der Waals surface area (Å²) in [6, 6.07) is 8.28. The molecule has 1 N–H and O–H groups in total. The van der Waals surface area contributed by atoms with Crippen LogP contribution >= 0.6 is 22.9 Å². The minimum atomic E-state index is 0.299. The summed E-state index contributed by atoms with van der Waals surface area (Å²) in [5.74, 6) is 0. The standard InChI is InChI=1S/C13H16ClN3S/c1-3-12(10-5-4-6-11(14)7-10)15-8-13-17-16-9(2)18-13/h4-7,12,15H,3,8H2,1-2H3/t12-/m1/s1. The van der Waals surface area contributed by atoms with Crippen molar-refractivity contribution in [2.24, 2.45) is 0 Å². The highest BCUT2D eigenvalue weighted by Gasteiger charge is 2.10. The van der Waals surface area contributed by atoms with Crippen molar-refractivity contribution < 1.29 is 0 Å². The van der Waals surface area contributed by atoms with Crippen LogP contribution in [0.3, 0.4) is 0 Å². The molecule has 2 aromatic rings. The predicted octanol–water partition coefficient (Wildman–Crippen LogP) is 3.74. The molecule has 0 fully saturated rings. The molecule has 0 saturated carbocycles. The quantitative estimate of drug-likeness (QED) is 0.907. The van der Waals surface area contributed by atoms with E-state index in [4.69, 9.17) is 11.6 Å². The fourth-order valence-electron chi connectivity index (χ4n) is 1.84. The van der Waals surface area contributed by atoms with Crippen LogP contribution in [-0.4, -0.2) is 10.2 Å². The van der Waals surface area contributed by atoms with Gasteiger partial charge in [0.25, 0.3) is 0 Å². The van der Waals surface area contributed by atoms with Gasteiger partial charge in [-0.2, -0.15) is 0 Å². The molecule has 0 radical (unpaired) electrons. The lowest BCUT2D eigenvalue weighted by atomic mass is 10.0. The van der Waals surface area contributed by atoms with E-state index >= 15 is 0 Å². The van der Waals surface area contributed by atoms with E-state index in [0.717, 1.165) is 28.0 Å². The van der Waals surface area contributed by atoms with E-state index in [1.54, 1.807) is 11.3 Å². The van der Waals surface area contributed by atoms with Crippen molar-refractivity contribution in [2.45, 2.75) is 32.9 Å². The number of hydrogen-bond donors (Lipinski definition) is 1. The largest absolute Gasteiger partial charge is 0.304 e. The second-order valence-electron chi connectivity index (χ2n) is 4.11. The smallest absolute Gasteiger partial charge is 0.131 e. The molecular formula is C13H16ClN3S. The summed E-state index contributed by atoms with van der Waals surface area (Å²) in [5, 5.41) is 14.4. The summed E-state index contributed by atoms with van der Waals surface area (Å²) >= 11 is 7.65. The minimum Gasteiger partial charge on any atom is -0.304 e. The van der Waals surface area contributed by atoms with Gasteiger partial charge in [0.15, 0.2) is 0 Å². The molecule has 0 aliphatic carbocycles. The second-order valence-corrected chi connectivity index (χ2v) is 5.81. The summed E-state index contributed by atoms with van der Waals surface area (Å²) < 4.78 is 0. The van der Waals surface area contributed by atoms with Gasteiger partial charge in [-0.3, -0.25) is 0 Å². The van der Waals surface area contributed by atoms with Crippen molar-refractivity contribution in [3.05, 3.63) is 44.9 Å². The third-order valence-corrected chi connectivity index (χ3v) is 3.80. The van der Waals surface area contributed by atoms with E-state index < -0.39 is 0 Å². The first kappa shape index (κ1) is 13.5. The van der Waals surface area contributed by atoms with Crippen LogP contribution in [0.1, 0.15) is 35.0 Å². The maximum atomic E-state index is 6.02. The fourth-order valence-corrected chi connectivity index (χ4v) is 2.70. The molecule has 0 aliphatic heterocycles. The number of nitrogens with zero attached hydrogens (tertiary/aromatic N) is 2. The maximum Gasteiger partial charge on any atom is 0.131 e. The SMILES string of the molecule is CC[C@@H](NCc1nnc(C)s1)c1cccc(Cl)c1. The van der Waals surface area contributed by atoms with Gasteiger partial charge in [-0.05, 0) is 31.0 Å². The van der Waals surface area contributed by atoms with Gasteiger partial charge >= 0.3 is 0 Å². The van der Waals surface area contributed by atoms with Crippen LogP contribution in [-0.2, 0) is 6.54 Å². The topological polar surface area (TPSA) is 37.8 Å². The first-order valence-corrected chi connectivity index (χ1v) is 7.16. The Balaban J connectivity index is 2.01. The molecule has 1 aromatic heterocycles. The molecular weight excluding hydrogens is 266 g/mol. The number of halogens is 1. The molecule has 1 aromatic carbocycles. The summed E-state index contributed by atoms with van der Waals surface area (Å²) in [5.41, 5.74) is 1.21. The van der Waals surface area contributed by atoms with Gasteiger partial charge < -0.3 is 5.32 Å². The lowest BCUT2D eigenvalue weighted by Crippen LogP contribution is -2.20. The Morgan fingerprint density at radius 3 is 2.83 bits per heavy atom. The highest BCUT2D eigenvalue weighted by Crippen LogP contribution is 2.21. The van der Waals surface area contributed by atoms with Crippen LogP contribution in [0.15, 0.2) is 24.3 Å². The summed E-state index contributed by atoms with van der Waals surface area (Å²) in [4.78, 5) is 0. The normalized spacial score (nSPS) is 12.6. The lowest BCUT2D eigenvalue weighted by molar-refractivity contribution is 0.516. The van der Waals surface area contributed by atoms with Crippen LogP contribution in [0.5, 0.6) is 0 Å². The number of hydrogen-bond acceptors (Lipinski definition) is 4. The molecule has 18 heavy (non-hydrogen) atoms. The zero-order chi connectivity index (χ0) is 13.0. The third-order valence-electron chi connectivity index (χ3n) is 2.73. The Hall–Kier alpha value is -0.970. The summed E-state index contributed by atoms with van der Waals surface area (Å²) in [7, 11) is 0. The Labute approximate surface area is 116 Å². The average molecular weight is 282 g/mol. The van der Waals surface area contributed by atoms with Crippen molar-refractivity contribution in [1.29, 1.82) is 0 Å². The molecule has 0 unspecified atom stereocenters. The Morgan fingerprint density at radius 1 is 1.39 bits per heavy atom. The monoisotopic (exact) mass is 281 g/mol. The molecule has 0 saturated heterocycles. The van der Waals surface area contributed by atoms with Gasteiger partial charge in [-0.1, -0.05) is 30.7 Å². The summed E-state index contributed by atoms with van der Waals surface area (Å²) in [6.07, 6.45) is 1.01. The van der Waals surface area contributed by atoms with Crippen LogP contribution in [0.25, 0.3) is 0 Å². The van der Waals surface area contributed by atoms with Gasteiger partial charge in [0, 0.05) is 11.1 Å². The van der Waals surface area contributed by atoms with Gasteiger partial charge in [-0.25, -0.2) is 0 Å². The number of aromatic nitrogens is 2. The van der Waals surface area contributed by atoms with Crippen molar-refractivity contribution in [2.75, 3.05) is 0 Å². The summed E-state index contributed by atoms with van der Waals surface area (Å²) in [6.45, 7) is 4.87. The average Bonchev–Trinajstić information content (AvgIpc) is 2.76. The molecule has 0 bridgehead atoms. The number of benzene rings is 1. The number of aryl methyl sites for hydroxylation is 1. The molecule has 1 heterocycles. The third kappa shape index (κ3) is 3.51. The zero-order valence-corrected chi connectivity index (χ0v) is 12.1. The van der Waals surface area contributed by atoms with Gasteiger partial charge in [0.1, 0.15) is 10.0 Å². The fraction of sp³-hybridized carbons (Fsp3) is 0.385. The van der Waals surface area contributed by atoms with E-state index in [-0.39, 0.29) is 0 Å². The van der Waals surface area contributed by atoms with Gasteiger partial charge in [0.05, 0.1) is 6.54 Å². The van der Waals surface area contributed by atoms with Crippen molar-refractivity contribution >= 4 is 22.9 Å². The van der Waals surface area contributed by atoms with Gasteiger partial charge in [0.2, 0.25) is 0 Å². The molecule has 2 rings (SSSR count). The highest BCUT2D eigenvalue weighted by atomic mass is 35.5. The van der Waals surface area contributed by atoms with Crippen LogP contribution in [0.2, 0.25) is 5.02 Å². The van der Waals surface area contributed by atoms with E-state index in [1.165, 1.54) is 5.56 Å². The lowest BCUT2D eigenvalue weighted by Gasteiger charge is -2.16. The Morgan fingerprint density at radius 2 is 2.22 bits per heavy atom. The van der Waals surface area contributed by atoms with Gasteiger partial charge in [-0.15, -0.1) is 21.5 Å². The molecule has 96 valence electrons. The first-order chi connectivity index (χ1) is 8.69. The minimum absolute atomic E-state index is 0.299. The maximum absolute atomic E-state index is 6.02. The highest BCUT2D eigenvalue weighted by molar-refractivity contribution is 7.11. The van der Waals surface area contributed by atoms with E-state index in [9.17, 15) is 0 Å². The molecule has 0 spiro atoms. The van der Waals surface area contributed by atoms with Crippen molar-refractivity contribution in [1.82, 2.24) is 15.5 Å². The molecule has 5 heteroatoms. The Kier molecular flexibility index (Phi) is 4.69. The molecule has 3 nitrogen and oxygen atoms in total. The van der Waals surface area contributed by atoms with E-state index in [2.05, 4.69) is 28.5 Å². The van der Waals surface area contributed by atoms with E-state index in [1.807, 2.05) is 25.1 Å². The zero-order valence-electron chi connectivity index (χ0n) is 10.5. The van der Waals surface area contributed by atoms with Crippen LogP contribution < -0.4 is 5.32 Å². The molecule has 1 atom stereocenters. The van der Waals surface area contributed by atoms with E-state index in [0.29, 0.717) is 6.04 Å². The molecule has 0 aliphatic rings. The van der Waals surface area contributed by atoms with Crippen molar-refractivity contribution in [3.8, 4) is 0 Å². The molecule has 0 amide bonds. The Bertz CT molecular complexity index is 512. The number of rotatable bonds is 5. The predicted molar refractivity (Wildman–Crippen MR) is 76.0 cm³/mol. The first-order valence-electron chi connectivity index (χ1n) is 5.97. The van der Waals surface area contributed by atoms with Crippen molar-refractivity contribution in [3.63, 3.8) is 0 Å². The van der Waals surface area contributed by atoms with Crippen LogP contribution in [0.4, 0.5) is 0 Å². The number of nitrogens with one attached hydrogen (secondary N) is 1. The van der Waals surface area contributed by atoms with Crippen LogP contribution in [0, 0.1) is 6.92 Å². The second kappa shape index (κ2) is 6.27.